The number of carbonyl (C=O) groups is 2. The second-order valence-electron chi connectivity index (χ2n) is 7.24. The van der Waals surface area contributed by atoms with E-state index in [1.54, 1.807) is 19.5 Å². The lowest BCUT2D eigenvalue weighted by Crippen LogP contribution is -2.36. The second kappa shape index (κ2) is 9.27. The van der Waals surface area contributed by atoms with Crippen molar-refractivity contribution in [2.24, 2.45) is 5.16 Å². The number of rotatable bonds is 7. The molecule has 0 bridgehead atoms. The lowest BCUT2D eigenvalue weighted by molar-refractivity contribution is -0.133. The highest BCUT2D eigenvalue weighted by atomic mass is 32.1. The Morgan fingerprint density at radius 3 is 2.90 bits per heavy atom. The highest BCUT2D eigenvalue weighted by molar-refractivity contribution is 7.13. The first-order valence-electron chi connectivity index (χ1n) is 9.34. The number of hydrogen-bond acceptors (Lipinski definition) is 9. The van der Waals surface area contributed by atoms with Crippen molar-refractivity contribution < 1.29 is 24.1 Å². The number of para-hydroxylation sites is 1. The number of hydrogen-bond donors (Lipinski definition) is 2. The molecule has 0 spiro atoms. The highest BCUT2D eigenvalue weighted by Gasteiger charge is 2.37. The molecule has 158 valence electrons. The van der Waals surface area contributed by atoms with E-state index in [0.29, 0.717) is 12.2 Å². The molecule has 11 heteroatoms. The fourth-order valence-corrected chi connectivity index (χ4v) is 3.62. The number of aryl methyl sites for hydroxylation is 1. The minimum atomic E-state index is -1.12. The van der Waals surface area contributed by atoms with E-state index in [0.717, 1.165) is 22.5 Å². The predicted octanol–water partition coefficient (Wildman–Crippen LogP) is 1.29. The minimum absolute atomic E-state index is 0.0319. The molecule has 3 rings (SSSR count). The van der Waals surface area contributed by atoms with Crippen LogP contribution in [-0.2, 0) is 20.8 Å². The Bertz CT molecular complexity index is 978. The van der Waals surface area contributed by atoms with Crippen LogP contribution in [0.4, 0.5) is 5.13 Å². The monoisotopic (exact) mass is 430 g/mol. The Hall–Kier alpha value is -2.92. The Morgan fingerprint density at radius 2 is 2.23 bits per heavy atom. The van der Waals surface area contributed by atoms with Crippen LogP contribution in [0.25, 0.3) is 0 Å². The molecule has 1 aromatic carbocycles. The molecule has 3 N–H and O–H groups in total. The molecule has 1 aliphatic rings. The number of fused-ring (bicyclic) bond motifs is 1. The third-order valence-electron chi connectivity index (χ3n) is 4.74. The first-order chi connectivity index (χ1) is 14.3. The molecule has 30 heavy (non-hydrogen) atoms. The normalized spacial score (nSPS) is 15.9. The molecule has 2 aromatic rings. The van der Waals surface area contributed by atoms with Crippen molar-refractivity contribution in [3.8, 4) is 5.75 Å². The molecule has 1 aliphatic heterocycles. The molecule has 0 fully saturated rings. The maximum absolute atomic E-state index is 13.0. The molecular weight excluding hydrogens is 407 g/mol. The highest BCUT2D eigenvalue weighted by Crippen LogP contribution is 2.36. The van der Waals surface area contributed by atoms with E-state index in [2.05, 4.69) is 10.1 Å². The summed E-state index contributed by atoms with van der Waals surface area (Å²) < 4.78 is 5.65. The van der Waals surface area contributed by atoms with Crippen LogP contribution in [0.1, 0.15) is 23.2 Å². The van der Waals surface area contributed by atoms with Crippen LogP contribution in [0.2, 0.25) is 5.82 Å². The van der Waals surface area contributed by atoms with Gasteiger partial charge in [0.25, 0.3) is 5.91 Å². The van der Waals surface area contributed by atoms with E-state index >= 15 is 0 Å². The number of nitrogens with two attached hydrogens (primary N) is 1. The van der Waals surface area contributed by atoms with Gasteiger partial charge in [0.1, 0.15) is 11.4 Å². The fourth-order valence-electron chi connectivity index (χ4n) is 3.07. The Kier molecular flexibility index (Phi) is 6.73. The van der Waals surface area contributed by atoms with Crippen LogP contribution in [0.15, 0.2) is 28.7 Å². The summed E-state index contributed by atoms with van der Waals surface area (Å²) in [6, 6.07) is 5.73. The molecule has 0 unspecified atom stereocenters. The summed E-state index contributed by atoms with van der Waals surface area (Å²) in [6.45, 7) is 1.59. The lowest BCUT2D eigenvalue weighted by atomic mass is 9.64. The number of nitrogen functional groups attached to an aromatic ring is 1. The Labute approximate surface area is 178 Å². The zero-order valence-electron chi connectivity index (χ0n) is 17.0. The average Bonchev–Trinajstić information content (AvgIpc) is 3.12. The maximum atomic E-state index is 13.0. The van der Waals surface area contributed by atoms with Crippen LogP contribution in [-0.4, -0.2) is 60.1 Å². The number of benzene rings is 1. The van der Waals surface area contributed by atoms with Crippen molar-refractivity contribution in [2.75, 3.05) is 26.4 Å². The van der Waals surface area contributed by atoms with Crippen molar-refractivity contribution >= 4 is 41.0 Å². The van der Waals surface area contributed by atoms with Crippen LogP contribution >= 0.6 is 11.3 Å². The number of nitrogens with zero attached hydrogens (tertiary/aromatic N) is 3. The zero-order chi connectivity index (χ0) is 21.8. The lowest BCUT2D eigenvalue weighted by Gasteiger charge is -2.28. The van der Waals surface area contributed by atoms with Gasteiger partial charge in [0.05, 0.1) is 0 Å². The number of Topliss-reactive ketones (excluding diaryl/α,β-unsaturated/α-hetero) is 1. The largest absolute Gasteiger partial charge is 0.536 e. The van der Waals surface area contributed by atoms with Gasteiger partial charge in [0.2, 0.25) is 0 Å². The predicted molar refractivity (Wildman–Crippen MR) is 115 cm³/mol. The van der Waals surface area contributed by atoms with Crippen molar-refractivity contribution in [2.45, 2.75) is 25.6 Å². The van der Waals surface area contributed by atoms with Crippen molar-refractivity contribution in [3.05, 3.63) is 40.4 Å². The van der Waals surface area contributed by atoms with E-state index in [-0.39, 0.29) is 41.3 Å². The van der Waals surface area contributed by atoms with Crippen LogP contribution in [0, 0.1) is 6.92 Å². The van der Waals surface area contributed by atoms with Crippen LogP contribution in [0.5, 0.6) is 5.75 Å². The number of thiazole rings is 1. The average molecular weight is 430 g/mol. The molecule has 0 saturated carbocycles. The van der Waals surface area contributed by atoms with E-state index in [9.17, 15) is 14.6 Å². The fraction of sp³-hybridized carbons (Fsp3) is 0.368. The third kappa shape index (κ3) is 4.97. The van der Waals surface area contributed by atoms with Gasteiger partial charge >= 0.3 is 7.12 Å². The van der Waals surface area contributed by atoms with Gasteiger partial charge in [-0.2, -0.15) is 0 Å². The Balaban J connectivity index is 1.77. The van der Waals surface area contributed by atoms with Crippen LogP contribution < -0.4 is 10.4 Å². The number of likely N-dealkylation sites (N-methyl/N-ethyl adjacent to an activating group) is 1. The van der Waals surface area contributed by atoms with E-state index < -0.39 is 12.9 Å². The maximum Gasteiger partial charge on any atom is 0.526 e. The minimum Gasteiger partial charge on any atom is -0.536 e. The van der Waals surface area contributed by atoms with Crippen molar-refractivity contribution in [3.63, 3.8) is 0 Å². The molecular formula is C19H23BN4O5S. The zero-order valence-corrected chi connectivity index (χ0v) is 17.8. The summed E-state index contributed by atoms with van der Waals surface area (Å²) >= 11 is 1.16. The summed E-state index contributed by atoms with van der Waals surface area (Å²) in [4.78, 5) is 35.3. The van der Waals surface area contributed by atoms with Gasteiger partial charge in [-0.15, -0.1) is 11.3 Å². The van der Waals surface area contributed by atoms with Gasteiger partial charge in [0, 0.05) is 31.7 Å². The number of carbonyl (C=O) groups excluding carboxylic acids is 2. The van der Waals surface area contributed by atoms with Crippen LogP contribution in [0.3, 0.4) is 0 Å². The number of anilines is 1. The first kappa shape index (κ1) is 21.8. The van der Waals surface area contributed by atoms with E-state index in [4.69, 9.17) is 15.2 Å². The standard InChI is InChI=1S/C19H23BN4O5S/c1-11-5-4-6-12-7-13(20(27)29-18(11)12)8-15(25)17(14-10-30-19(21)22-14)23-28-9-16(26)24(2)3/h4-6,10,13,27H,7-9H2,1-3H3,(H2,21,22)/b23-17-/t13-/m1/s1. The topological polar surface area (TPSA) is 127 Å². The number of amides is 1. The van der Waals surface area contributed by atoms with Gasteiger partial charge in [-0.25, -0.2) is 4.98 Å². The molecule has 1 aromatic heterocycles. The first-order valence-corrected chi connectivity index (χ1v) is 10.2. The molecule has 0 aliphatic carbocycles. The summed E-state index contributed by atoms with van der Waals surface area (Å²) in [5, 5.41) is 16.2. The number of aromatic nitrogens is 1. The summed E-state index contributed by atoms with van der Waals surface area (Å²) in [6.07, 6.45) is 0.451. The summed E-state index contributed by atoms with van der Waals surface area (Å²) in [5.74, 6) is -0.496. The van der Waals surface area contributed by atoms with E-state index in [1.165, 1.54) is 4.90 Å². The number of ketones is 1. The Morgan fingerprint density at radius 1 is 1.47 bits per heavy atom. The molecule has 1 amide bonds. The smallest absolute Gasteiger partial charge is 0.526 e. The SMILES string of the molecule is Cc1cccc2c1OB(O)[C@@H](CC(=O)/C(=N\OCC(=O)N(C)C)c1csc(N)n1)C2. The van der Waals surface area contributed by atoms with Crippen molar-refractivity contribution in [1.82, 2.24) is 9.88 Å². The van der Waals surface area contributed by atoms with Gasteiger partial charge in [-0.1, -0.05) is 23.4 Å². The van der Waals surface area contributed by atoms with E-state index in [1.807, 2.05) is 25.1 Å². The quantitative estimate of drug-likeness (QED) is 0.385. The molecule has 2 heterocycles. The van der Waals surface area contributed by atoms with Gasteiger partial charge in [-0.05, 0) is 24.5 Å². The van der Waals surface area contributed by atoms with Crippen molar-refractivity contribution in [1.29, 1.82) is 0 Å². The molecule has 1 atom stereocenters. The van der Waals surface area contributed by atoms with Gasteiger partial charge < -0.3 is 25.1 Å². The second-order valence-corrected chi connectivity index (χ2v) is 8.13. The van der Waals surface area contributed by atoms with Gasteiger partial charge in [-0.3, -0.25) is 9.59 Å². The molecule has 0 radical (unpaired) electrons. The molecule has 9 nitrogen and oxygen atoms in total. The summed E-state index contributed by atoms with van der Waals surface area (Å²) in [7, 11) is 2.06. The van der Waals surface area contributed by atoms with Gasteiger partial charge in [0.15, 0.2) is 23.2 Å². The number of oxime groups is 1. The molecule has 0 saturated heterocycles. The summed E-state index contributed by atoms with van der Waals surface area (Å²) in [5.41, 5.74) is 7.77. The third-order valence-corrected chi connectivity index (χ3v) is 5.41.